The van der Waals surface area contributed by atoms with E-state index in [1.165, 1.54) is 0 Å². The van der Waals surface area contributed by atoms with E-state index in [2.05, 4.69) is 10.4 Å². The van der Waals surface area contributed by atoms with Gasteiger partial charge in [-0.2, -0.15) is 5.10 Å². The van der Waals surface area contributed by atoms with Crippen LogP contribution in [0.5, 0.6) is 0 Å². The number of nitrogens with one attached hydrogen (secondary N) is 1. The first kappa shape index (κ1) is 16.5. The van der Waals surface area contributed by atoms with Gasteiger partial charge in [0.2, 0.25) is 5.43 Å². The van der Waals surface area contributed by atoms with E-state index in [4.69, 9.17) is 23.2 Å². The van der Waals surface area contributed by atoms with Crippen molar-refractivity contribution in [2.45, 2.75) is 13.5 Å². The predicted octanol–water partition coefficient (Wildman–Crippen LogP) is 3.98. The maximum absolute atomic E-state index is 12.6. The lowest BCUT2D eigenvalue weighted by molar-refractivity contribution is 0.101. The van der Waals surface area contributed by atoms with Gasteiger partial charge in [0.25, 0.3) is 5.91 Å². The topological polar surface area (TPSA) is 64.0 Å². The molecule has 0 spiro atoms. The Hall–Kier alpha value is -2.37. The fourth-order valence-corrected chi connectivity index (χ4v) is 2.77. The number of rotatable bonds is 3. The third kappa shape index (κ3) is 3.13. The molecule has 1 amide bonds. The third-order valence-electron chi connectivity index (χ3n) is 3.51. The summed E-state index contributed by atoms with van der Waals surface area (Å²) < 4.78 is 1.60. The Morgan fingerprint density at radius 2 is 1.92 bits per heavy atom. The van der Waals surface area contributed by atoms with E-state index in [0.29, 0.717) is 33.2 Å². The number of halogens is 2. The van der Waals surface area contributed by atoms with E-state index in [9.17, 15) is 9.59 Å². The van der Waals surface area contributed by atoms with E-state index in [1.54, 1.807) is 47.1 Å². The van der Waals surface area contributed by atoms with Crippen LogP contribution >= 0.6 is 23.2 Å². The Labute approximate surface area is 147 Å². The molecule has 0 bridgehead atoms. The minimum Gasteiger partial charge on any atom is -0.320 e. The van der Waals surface area contributed by atoms with Crippen LogP contribution in [0.15, 0.2) is 47.3 Å². The van der Waals surface area contributed by atoms with E-state index in [-0.39, 0.29) is 5.69 Å². The van der Waals surface area contributed by atoms with E-state index in [1.807, 2.05) is 6.92 Å². The van der Waals surface area contributed by atoms with E-state index in [0.717, 1.165) is 0 Å². The van der Waals surface area contributed by atoms with Crippen LogP contribution in [0.25, 0.3) is 10.9 Å². The molecule has 3 aromatic rings. The summed E-state index contributed by atoms with van der Waals surface area (Å²) in [6.07, 6.45) is 0. The van der Waals surface area contributed by atoms with Gasteiger partial charge in [0.05, 0.1) is 10.9 Å². The largest absolute Gasteiger partial charge is 0.320 e. The number of hydrogen-bond donors (Lipinski definition) is 1. The van der Waals surface area contributed by atoms with Gasteiger partial charge in [0, 0.05) is 22.3 Å². The van der Waals surface area contributed by atoms with Gasteiger partial charge in [0.1, 0.15) is 0 Å². The van der Waals surface area contributed by atoms with Crippen LogP contribution in [0.2, 0.25) is 10.0 Å². The van der Waals surface area contributed by atoms with Crippen molar-refractivity contribution in [1.29, 1.82) is 0 Å². The van der Waals surface area contributed by atoms with Gasteiger partial charge < -0.3 is 5.32 Å². The molecule has 2 aromatic carbocycles. The standard InChI is InChI=1S/C17H13Cl2N3O2/c1-2-22-14-7-6-11(19)9-13(14)16(23)15(21-22)17(24)20-12-5-3-4-10(18)8-12/h3-9H,2H2,1H3,(H,20,24). The highest BCUT2D eigenvalue weighted by Crippen LogP contribution is 2.18. The van der Waals surface area contributed by atoms with E-state index < -0.39 is 11.3 Å². The van der Waals surface area contributed by atoms with Crippen molar-refractivity contribution in [2.24, 2.45) is 0 Å². The first-order valence-corrected chi connectivity index (χ1v) is 8.02. The number of amides is 1. The molecule has 0 radical (unpaired) electrons. The minimum atomic E-state index is -0.591. The normalized spacial score (nSPS) is 10.8. The highest BCUT2D eigenvalue weighted by atomic mass is 35.5. The lowest BCUT2D eigenvalue weighted by Crippen LogP contribution is -2.27. The molecule has 0 fully saturated rings. The number of aromatic nitrogens is 2. The first-order chi connectivity index (χ1) is 11.5. The van der Waals surface area contributed by atoms with Crippen molar-refractivity contribution in [3.8, 4) is 0 Å². The molecule has 0 aliphatic heterocycles. The number of hydrogen-bond acceptors (Lipinski definition) is 3. The van der Waals surface area contributed by atoms with Gasteiger partial charge in [-0.1, -0.05) is 29.3 Å². The number of benzene rings is 2. The molecule has 0 aliphatic carbocycles. The molecule has 24 heavy (non-hydrogen) atoms. The van der Waals surface area contributed by atoms with Gasteiger partial charge in [0.15, 0.2) is 5.69 Å². The van der Waals surface area contributed by atoms with Gasteiger partial charge in [-0.15, -0.1) is 0 Å². The van der Waals surface area contributed by atoms with Gasteiger partial charge in [-0.25, -0.2) is 0 Å². The van der Waals surface area contributed by atoms with Gasteiger partial charge >= 0.3 is 0 Å². The molecule has 1 heterocycles. The van der Waals surface area contributed by atoms with Crippen molar-refractivity contribution < 1.29 is 4.79 Å². The Kier molecular flexibility index (Phi) is 4.55. The van der Waals surface area contributed by atoms with Crippen LogP contribution in [-0.4, -0.2) is 15.7 Å². The van der Waals surface area contributed by atoms with Crippen LogP contribution in [-0.2, 0) is 6.54 Å². The molecule has 0 saturated heterocycles. The van der Waals surface area contributed by atoms with Crippen molar-refractivity contribution in [3.05, 3.63) is 68.4 Å². The number of carbonyl (C=O) groups excluding carboxylic acids is 1. The summed E-state index contributed by atoms with van der Waals surface area (Å²) >= 11 is 11.9. The van der Waals surface area contributed by atoms with Crippen LogP contribution in [0.4, 0.5) is 5.69 Å². The second-order valence-corrected chi connectivity index (χ2v) is 5.99. The van der Waals surface area contributed by atoms with Gasteiger partial charge in [-0.3, -0.25) is 14.3 Å². The van der Waals surface area contributed by atoms with Crippen LogP contribution < -0.4 is 10.7 Å². The zero-order valence-corrected chi connectivity index (χ0v) is 14.2. The Morgan fingerprint density at radius 1 is 1.17 bits per heavy atom. The van der Waals surface area contributed by atoms with Crippen molar-refractivity contribution in [3.63, 3.8) is 0 Å². The molecular formula is C17H13Cl2N3O2. The van der Waals surface area contributed by atoms with Crippen molar-refractivity contribution in [1.82, 2.24) is 9.78 Å². The smallest absolute Gasteiger partial charge is 0.280 e. The maximum Gasteiger partial charge on any atom is 0.280 e. The molecule has 0 saturated carbocycles. The van der Waals surface area contributed by atoms with Crippen LogP contribution in [0, 0.1) is 0 Å². The third-order valence-corrected chi connectivity index (χ3v) is 3.98. The molecule has 3 rings (SSSR count). The zero-order valence-electron chi connectivity index (χ0n) is 12.7. The minimum absolute atomic E-state index is 0.188. The molecule has 0 atom stereocenters. The zero-order chi connectivity index (χ0) is 17.3. The fraction of sp³-hybridized carbons (Fsp3) is 0.118. The lowest BCUT2D eigenvalue weighted by Gasteiger charge is -2.11. The molecule has 122 valence electrons. The summed E-state index contributed by atoms with van der Waals surface area (Å²) in [4.78, 5) is 25.1. The Balaban J connectivity index is 2.10. The van der Waals surface area contributed by atoms with Gasteiger partial charge in [-0.05, 0) is 43.3 Å². The number of aryl methyl sites for hydroxylation is 1. The second-order valence-electron chi connectivity index (χ2n) is 5.12. The van der Waals surface area contributed by atoms with Crippen LogP contribution in [0.1, 0.15) is 17.4 Å². The summed E-state index contributed by atoms with van der Waals surface area (Å²) in [5.74, 6) is -0.591. The Bertz CT molecular complexity index is 999. The summed E-state index contributed by atoms with van der Waals surface area (Å²) in [7, 11) is 0. The quantitative estimate of drug-likeness (QED) is 0.767. The average Bonchev–Trinajstić information content (AvgIpc) is 2.55. The number of fused-ring (bicyclic) bond motifs is 1. The first-order valence-electron chi connectivity index (χ1n) is 7.27. The van der Waals surface area contributed by atoms with Crippen LogP contribution in [0.3, 0.4) is 0 Å². The lowest BCUT2D eigenvalue weighted by atomic mass is 10.2. The molecule has 1 N–H and O–H groups in total. The summed E-state index contributed by atoms with van der Waals surface area (Å²) in [5.41, 5.74) is 0.470. The average molecular weight is 362 g/mol. The number of carbonyl (C=O) groups is 1. The number of anilines is 1. The molecular weight excluding hydrogens is 349 g/mol. The maximum atomic E-state index is 12.6. The van der Waals surface area contributed by atoms with Crippen molar-refractivity contribution in [2.75, 3.05) is 5.32 Å². The fourth-order valence-electron chi connectivity index (χ4n) is 2.41. The summed E-state index contributed by atoms with van der Waals surface area (Å²) in [6.45, 7) is 2.39. The summed E-state index contributed by atoms with van der Waals surface area (Å²) in [5, 5.41) is 8.09. The molecule has 0 aliphatic rings. The molecule has 0 unspecified atom stereocenters. The van der Waals surface area contributed by atoms with E-state index >= 15 is 0 Å². The predicted molar refractivity (Wildman–Crippen MR) is 96.1 cm³/mol. The molecule has 5 nitrogen and oxygen atoms in total. The highest BCUT2D eigenvalue weighted by molar-refractivity contribution is 6.31. The second kappa shape index (κ2) is 6.63. The van der Waals surface area contributed by atoms with Crippen molar-refractivity contribution >= 4 is 45.7 Å². The Morgan fingerprint density at radius 3 is 2.62 bits per heavy atom. The SMILES string of the molecule is CCn1nc(C(=O)Nc2cccc(Cl)c2)c(=O)c2cc(Cl)ccc21. The summed E-state index contributed by atoms with van der Waals surface area (Å²) in [6, 6.07) is 11.6. The molecule has 1 aromatic heterocycles. The number of nitrogens with zero attached hydrogens (tertiary/aromatic N) is 2. The highest BCUT2D eigenvalue weighted by Gasteiger charge is 2.17. The molecule has 7 heteroatoms. The monoisotopic (exact) mass is 361 g/mol.